The number of rotatable bonds is 6. The maximum atomic E-state index is 9.87. The van der Waals surface area contributed by atoms with Crippen molar-refractivity contribution < 1.29 is 32.1 Å². The van der Waals surface area contributed by atoms with Crippen molar-refractivity contribution in [1.29, 1.82) is 0 Å². The molecule has 0 rings (SSSR count). The van der Waals surface area contributed by atoms with Gasteiger partial charge in [0.25, 0.3) is 0 Å². The van der Waals surface area contributed by atoms with Crippen molar-refractivity contribution in [2.75, 3.05) is 33.0 Å². The average Bonchev–Trinajstić information content (AvgIpc) is 2.28. The summed E-state index contributed by atoms with van der Waals surface area (Å²) in [7, 11) is -4.22. The standard InChI is InChI=1S/C4H10O4S.C4H10O.C2H6O2/c1-4(2)3-8-9(5,6)7;1-3-5-4-2;3-1-2-4/h4H,3H2,1-2H3,(H,5,6,7);3-4H2,1-2H3;3-4H,1-2H2. The molecular formula is C10H26O7S. The van der Waals surface area contributed by atoms with Crippen LogP contribution in [0.3, 0.4) is 0 Å². The molecule has 0 saturated heterocycles. The quantitative estimate of drug-likeness (QED) is 0.609. The molecule has 0 fully saturated rings. The highest BCUT2D eigenvalue weighted by atomic mass is 32.3. The second-order valence-electron chi connectivity index (χ2n) is 3.33. The van der Waals surface area contributed by atoms with Gasteiger partial charge in [0.1, 0.15) is 0 Å². The molecule has 0 amide bonds. The molecule has 114 valence electrons. The first-order valence-corrected chi connectivity index (χ1v) is 7.02. The molecule has 3 N–H and O–H groups in total. The van der Waals surface area contributed by atoms with Gasteiger partial charge in [0.2, 0.25) is 0 Å². The van der Waals surface area contributed by atoms with Gasteiger partial charge >= 0.3 is 10.4 Å². The van der Waals surface area contributed by atoms with Crippen LogP contribution in [0.25, 0.3) is 0 Å². The zero-order chi connectivity index (χ0) is 15.0. The third kappa shape index (κ3) is 44.8. The minimum Gasteiger partial charge on any atom is -0.394 e. The molecule has 0 aliphatic carbocycles. The molecule has 18 heavy (non-hydrogen) atoms. The summed E-state index contributed by atoms with van der Waals surface area (Å²) in [6.45, 7) is 9.01. The third-order valence-electron chi connectivity index (χ3n) is 1.06. The largest absolute Gasteiger partial charge is 0.397 e. The summed E-state index contributed by atoms with van der Waals surface area (Å²) in [4.78, 5) is 0. The van der Waals surface area contributed by atoms with Gasteiger partial charge in [0.15, 0.2) is 0 Å². The molecule has 0 aromatic heterocycles. The predicted molar refractivity (Wildman–Crippen MR) is 68.7 cm³/mol. The van der Waals surface area contributed by atoms with Crippen LogP contribution in [0.15, 0.2) is 0 Å². The Balaban J connectivity index is -0.000000212. The highest BCUT2D eigenvalue weighted by Gasteiger charge is 2.04. The molecule has 0 radical (unpaired) electrons. The van der Waals surface area contributed by atoms with Crippen molar-refractivity contribution in [2.45, 2.75) is 27.7 Å². The van der Waals surface area contributed by atoms with Crippen molar-refractivity contribution in [2.24, 2.45) is 5.92 Å². The molecular weight excluding hydrogens is 264 g/mol. The fourth-order valence-corrected chi connectivity index (χ4v) is 0.870. The third-order valence-corrected chi connectivity index (χ3v) is 1.49. The Labute approximate surface area is 110 Å². The van der Waals surface area contributed by atoms with Gasteiger partial charge in [-0.05, 0) is 19.8 Å². The van der Waals surface area contributed by atoms with Crippen molar-refractivity contribution in [3.63, 3.8) is 0 Å². The highest BCUT2D eigenvalue weighted by Crippen LogP contribution is 1.95. The molecule has 0 heterocycles. The minimum atomic E-state index is -4.22. The first-order chi connectivity index (χ1) is 8.24. The van der Waals surface area contributed by atoms with E-state index in [-0.39, 0.29) is 25.7 Å². The van der Waals surface area contributed by atoms with Gasteiger partial charge in [-0.2, -0.15) is 8.42 Å². The van der Waals surface area contributed by atoms with Crippen LogP contribution in [0.1, 0.15) is 27.7 Å². The lowest BCUT2D eigenvalue weighted by molar-refractivity contribution is 0.162. The van der Waals surface area contributed by atoms with Crippen LogP contribution in [0.5, 0.6) is 0 Å². The van der Waals surface area contributed by atoms with Crippen molar-refractivity contribution in [1.82, 2.24) is 0 Å². The molecule has 0 aromatic rings. The number of ether oxygens (including phenoxy) is 1. The minimum absolute atomic E-state index is 0.0266. The van der Waals surface area contributed by atoms with Crippen LogP contribution in [0.2, 0.25) is 0 Å². The van der Waals surface area contributed by atoms with Crippen LogP contribution in [-0.4, -0.2) is 56.2 Å². The number of aliphatic hydroxyl groups excluding tert-OH is 2. The van der Waals surface area contributed by atoms with E-state index in [9.17, 15) is 8.42 Å². The summed E-state index contributed by atoms with van der Waals surface area (Å²) < 4.78 is 36.6. The monoisotopic (exact) mass is 290 g/mol. The van der Waals surface area contributed by atoms with Gasteiger partial charge in [-0.15, -0.1) is 0 Å². The van der Waals surface area contributed by atoms with Crippen LogP contribution in [-0.2, 0) is 19.3 Å². The fourth-order valence-electron chi connectivity index (χ4n) is 0.426. The van der Waals surface area contributed by atoms with Gasteiger partial charge in [-0.25, -0.2) is 4.18 Å². The molecule has 0 aliphatic rings. The zero-order valence-corrected chi connectivity index (χ0v) is 12.3. The number of aliphatic hydroxyl groups is 2. The summed E-state index contributed by atoms with van der Waals surface area (Å²) >= 11 is 0. The molecule has 0 saturated carbocycles. The van der Waals surface area contributed by atoms with Crippen LogP contribution >= 0.6 is 0 Å². The van der Waals surface area contributed by atoms with E-state index in [0.717, 1.165) is 13.2 Å². The second-order valence-corrected chi connectivity index (χ2v) is 4.43. The average molecular weight is 290 g/mol. The molecule has 8 heteroatoms. The molecule has 0 bridgehead atoms. The Kier molecular flexibility index (Phi) is 21.3. The molecule has 0 aliphatic heterocycles. The van der Waals surface area contributed by atoms with E-state index < -0.39 is 10.4 Å². The number of hydrogen-bond acceptors (Lipinski definition) is 6. The lowest BCUT2D eigenvalue weighted by atomic mass is 10.2. The van der Waals surface area contributed by atoms with E-state index >= 15 is 0 Å². The Morgan fingerprint density at radius 1 is 1.06 bits per heavy atom. The predicted octanol–water partition coefficient (Wildman–Crippen LogP) is 0.476. The summed E-state index contributed by atoms with van der Waals surface area (Å²) in [5, 5.41) is 15.2. The molecule has 0 unspecified atom stereocenters. The van der Waals surface area contributed by atoms with Gasteiger partial charge < -0.3 is 14.9 Å². The zero-order valence-electron chi connectivity index (χ0n) is 11.5. The summed E-state index contributed by atoms with van der Waals surface area (Å²) in [5.74, 6) is 0.104. The lowest BCUT2D eigenvalue weighted by Crippen LogP contribution is -2.08. The summed E-state index contributed by atoms with van der Waals surface area (Å²) in [6.07, 6.45) is 0. The van der Waals surface area contributed by atoms with E-state index in [2.05, 4.69) is 4.18 Å². The Morgan fingerprint density at radius 3 is 1.50 bits per heavy atom. The van der Waals surface area contributed by atoms with Crippen molar-refractivity contribution in [3.8, 4) is 0 Å². The van der Waals surface area contributed by atoms with Crippen LogP contribution in [0.4, 0.5) is 0 Å². The molecule has 0 aromatic carbocycles. The van der Waals surface area contributed by atoms with E-state index in [0.29, 0.717) is 0 Å². The Hall–Kier alpha value is -0.250. The Morgan fingerprint density at radius 2 is 1.44 bits per heavy atom. The highest BCUT2D eigenvalue weighted by molar-refractivity contribution is 7.80. The van der Waals surface area contributed by atoms with Gasteiger partial charge in [-0.1, -0.05) is 13.8 Å². The first kappa shape index (κ1) is 22.9. The molecule has 0 atom stereocenters. The normalized spacial score (nSPS) is 10.2. The fraction of sp³-hybridized carbons (Fsp3) is 1.00. The first-order valence-electron chi connectivity index (χ1n) is 5.66. The number of hydrogen-bond donors (Lipinski definition) is 3. The second kappa shape index (κ2) is 16.8. The van der Waals surface area contributed by atoms with Crippen LogP contribution in [0, 0.1) is 5.92 Å². The Bertz CT molecular complexity index is 222. The summed E-state index contributed by atoms with van der Waals surface area (Å²) in [6, 6.07) is 0. The smallest absolute Gasteiger partial charge is 0.394 e. The SMILES string of the molecule is CC(C)COS(=O)(=O)O.CCOCC.OCCO. The van der Waals surface area contributed by atoms with Gasteiger partial charge in [-0.3, -0.25) is 4.55 Å². The van der Waals surface area contributed by atoms with E-state index in [1.54, 1.807) is 13.8 Å². The topological polar surface area (TPSA) is 113 Å². The van der Waals surface area contributed by atoms with Crippen molar-refractivity contribution >= 4 is 10.4 Å². The summed E-state index contributed by atoms with van der Waals surface area (Å²) in [5.41, 5.74) is 0. The van der Waals surface area contributed by atoms with Gasteiger partial charge in [0.05, 0.1) is 19.8 Å². The maximum absolute atomic E-state index is 9.87. The van der Waals surface area contributed by atoms with Crippen molar-refractivity contribution in [3.05, 3.63) is 0 Å². The maximum Gasteiger partial charge on any atom is 0.397 e. The molecule has 0 spiro atoms. The van der Waals surface area contributed by atoms with E-state index in [1.165, 1.54) is 0 Å². The van der Waals surface area contributed by atoms with E-state index in [1.807, 2.05) is 13.8 Å². The van der Waals surface area contributed by atoms with Gasteiger partial charge in [0, 0.05) is 13.2 Å². The van der Waals surface area contributed by atoms with E-state index in [4.69, 9.17) is 19.5 Å². The van der Waals surface area contributed by atoms with Crippen LogP contribution < -0.4 is 0 Å². The molecule has 7 nitrogen and oxygen atoms in total. The lowest BCUT2D eigenvalue weighted by Gasteiger charge is -2.00.